The van der Waals surface area contributed by atoms with E-state index in [1.807, 2.05) is 54.6 Å². The van der Waals surface area contributed by atoms with E-state index in [4.69, 9.17) is 4.74 Å². The Hall–Kier alpha value is -4.13. The normalized spacial score (nSPS) is 17.9. The highest BCUT2D eigenvalue weighted by molar-refractivity contribution is 5.84. The molecule has 0 aliphatic heterocycles. The van der Waals surface area contributed by atoms with Gasteiger partial charge in [-0.05, 0) is 40.7 Å². The molecule has 0 saturated heterocycles. The predicted molar refractivity (Wildman–Crippen MR) is 134 cm³/mol. The van der Waals surface area contributed by atoms with Crippen molar-refractivity contribution in [3.63, 3.8) is 0 Å². The lowest BCUT2D eigenvalue weighted by atomic mass is 9.79. The van der Waals surface area contributed by atoms with Gasteiger partial charge in [-0.15, -0.1) is 0 Å². The summed E-state index contributed by atoms with van der Waals surface area (Å²) < 4.78 is 5.60. The lowest BCUT2D eigenvalue weighted by Gasteiger charge is -2.37. The molecule has 3 aromatic rings. The summed E-state index contributed by atoms with van der Waals surface area (Å²) in [6.07, 6.45) is 0.432. The highest BCUT2D eigenvalue weighted by Gasteiger charge is 2.38. The van der Waals surface area contributed by atoms with Gasteiger partial charge < -0.3 is 20.1 Å². The minimum Gasteiger partial charge on any atom is -0.480 e. The van der Waals surface area contributed by atoms with E-state index in [-0.39, 0.29) is 43.5 Å². The Morgan fingerprint density at radius 2 is 1.44 bits per heavy atom. The summed E-state index contributed by atoms with van der Waals surface area (Å²) in [6, 6.07) is 25.5. The number of hydrogen-bond acceptors (Lipinski definition) is 4. The number of carbonyl (C=O) groups excluding carboxylic acids is 2. The molecule has 2 aliphatic carbocycles. The molecule has 0 aromatic heterocycles. The number of carboxylic acids is 1. The zero-order chi connectivity index (χ0) is 25.1. The third kappa shape index (κ3) is 4.96. The van der Waals surface area contributed by atoms with Gasteiger partial charge in [-0.3, -0.25) is 9.59 Å². The molecule has 0 radical (unpaired) electrons. The summed E-state index contributed by atoms with van der Waals surface area (Å²) in [5, 5.41) is 12.1. The van der Waals surface area contributed by atoms with Gasteiger partial charge in [0.25, 0.3) is 0 Å². The molecule has 0 atom stereocenters. The van der Waals surface area contributed by atoms with Crippen LogP contribution in [0.4, 0.5) is 4.79 Å². The summed E-state index contributed by atoms with van der Waals surface area (Å²) in [6.45, 7) is 0.125. The van der Waals surface area contributed by atoms with E-state index in [1.54, 1.807) is 0 Å². The van der Waals surface area contributed by atoms with Crippen LogP contribution in [0, 0.1) is 5.92 Å². The second-order valence-corrected chi connectivity index (χ2v) is 9.41. The Kier molecular flexibility index (Phi) is 6.71. The molecule has 0 heterocycles. The number of amides is 2. The van der Waals surface area contributed by atoms with Crippen LogP contribution in [0.5, 0.6) is 0 Å². The van der Waals surface area contributed by atoms with E-state index in [1.165, 1.54) is 16.0 Å². The van der Waals surface area contributed by atoms with Gasteiger partial charge in [0.05, 0.1) is 0 Å². The van der Waals surface area contributed by atoms with Crippen molar-refractivity contribution in [2.24, 2.45) is 5.92 Å². The molecule has 2 N–H and O–H groups in total. The Bertz CT molecular complexity index is 1220. The maximum atomic E-state index is 12.9. The van der Waals surface area contributed by atoms with Crippen molar-refractivity contribution < 1.29 is 24.2 Å². The first-order chi connectivity index (χ1) is 17.5. The SMILES string of the molecule is O=C(O)CN(Cc1ccccc1)C(=O)C1CC(NC(=O)OCC2c3ccccc3-c3ccccc32)C1. The Morgan fingerprint density at radius 1 is 0.861 bits per heavy atom. The van der Waals surface area contributed by atoms with Crippen molar-refractivity contribution in [2.45, 2.75) is 31.3 Å². The summed E-state index contributed by atoms with van der Waals surface area (Å²) in [5.74, 6) is -1.58. The second-order valence-electron chi connectivity index (χ2n) is 9.41. The average molecular weight is 485 g/mol. The molecule has 7 nitrogen and oxygen atoms in total. The number of carboxylic acid groups (broad SMARTS) is 1. The van der Waals surface area contributed by atoms with Crippen molar-refractivity contribution in [1.29, 1.82) is 0 Å². The van der Waals surface area contributed by atoms with Crippen molar-refractivity contribution in [3.05, 3.63) is 95.6 Å². The number of hydrogen-bond donors (Lipinski definition) is 2. The third-order valence-corrected chi connectivity index (χ3v) is 7.01. The van der Waals surface area contributed by atoms with Gasteiger partial charge in [0.15, 0.2) is 0 Å². The van der Waals surface area contributed by atoms with Crippen LogP contribution in [-0.2, 0) is 20.9 Å². The minimum atomic E-state index is -1.05. The molecular weight excluding hydrogens is 456 g/mol. The van der Waals surface area contributed by atoms with E-state index >= 15 is 0 Å². The highest BCUT2D eigenvalue weighted by atomic mass is 16.5. The fourth-order valence-electron chi connectivity index (χ4n) is 5.18. The van der Waals surface area contributed by atoms with E-state index in [0.717, 1.165) is 16.7 Å². The van der Waals surface area contributed by atoms with Crippen LogP contribution in [-0.4, -0.2) is 47.2 Å². The summed E-state index contributed by atoms with van der Waals surface area (Å²) in [4.78, 5) is 38.1. The van der Waals surface area contributed by atoms with Crippen LogP contribution in [0.2, 0.25) is 0 Å². The lowest BCUT2D eigenvalue weighted by Crippen LogP contribution is -2.51. The van der Waals surface area contributed by atoms with Crippen LogP contribution in [0.1, 0.15) is 35.4 Å². The minimum absolute atomic E-state index is 0.0126. The second kappa shape index (κ2) is 10.2. The number of nitrogens with zero attached hydrogens (tertiary/aromatic N) is 1. The van der Waals surface area contributed by atoms with Crippen molar-refractivity contribution in [1.82, 2.24) is 10.2 Å². The van der Waals surface area contributed by atoms with Crippen molar-refractivity contribution in [2.75, 3.05) is 13.2 Å². The van der Waals surface area contributed by atoms with Gasteiger partial charge in [-0.25, -0.2) is 4.79 Å². The summed E-state index contributed by atoms with van der Waals surface area (Å²) in [7, 11) is 0. The molecule has 1 saturated carbocycles. The van der Waals surface area contributed by atoms with Gasteiger partial charge in [0, 0.05) is 24.4 Å². The first-order valence-corrected chi connectivity index (χ1v) is 12.2. The van der Waals surface area contributed by atoms with Gasteiger partial charge in [-0.2, -0.15) is 0 Å². The molecule has 0 bridgehead atoms. The number of rotatable bonds is 8. The van der Waals surface area contributed by atoms with Crippen molar-refractivity contribution >= 4 is 18.0 Å². The smallest absolute Gasteiger partial charge is 0.407 e. The van der Waals surface area contributed by atoms with Crippen LogP contribution >= 0.6 is 0 Å². The maximum absolute atomic E-state index is 12.9. The van der Waals surface area contributed by atoms with Crippen LogP contribution in [0.3, 0.4) is 0 Å². The quantitative estimate of drug-likeness (QED) is 0.494. The number of aliphatic carboxylic acids is 1. The molecular formula is C29H28N2O5. The number of carbonyl (C=O) groups is 3. The summed E-state index contributed by atoms with van der Waals surface area (Å²) >= 11 is 0. The predicted octanol–water partition coefficient (Wildman–Crippen LogP) is 4.42. The Morgan fingerprint density at radius 3 is 2.06 bits per heavy atom. The zero-order valence-electron chi connectivity index (χ0n) is 19.8. The first-order valence-electron chi connectivity index (χ1n) is 12.2. The molecule has 0 unspecified atom stereocenters. The van der Waals surface area contributed by atoms with Crippen LogP contribution in [0.25, 0.3) is 11.1 Å². The Balaban J connectivity index is 1.13. The first kappa shape index (κ1) is 23.6. The molecule has 2 amide bonds. The molecule has 1 fully saturated rings. The zero-order valence-corrected chi connectivity index (χ0v) is 19.8. The molecule has 3 aromatic carbocycles. The topological polar surface area (TPSA) is 95.9 Å². The maximum Gasteiger partial charge on any atom is 0.407 e. The highest BCUT2D eigenvalue weighted by Crippen LogP contribution is 2.44. The Labute approximate surface area is 209 Å². The van der Waals surface area contributed by atoms with Gasteiger partial charge >= 0.3 is 12.1 Å². The number of alkyl carbamates (subject to hydrolysis) is 1. The number of benzene rings is 3. The van der Waals surface area contributed by atoms with E-state index in [0.29, 0.717) is 12.8 Å². The van der Waals surface area contributed by atoms with E-state index in [2.05, 4.69) is 29.6 Å². The van der Waals surface area contributed by atoms with E-state index < -0.39 is 12.1 Å². The number of fused-ring (bicyclic) bond motifs is 3. The largest absolute Gasteiger partial charge is 0.480 e. The van der Waals surface area contributed by atoms with Crippen LogP contribution < -0.4 is 5.32 Å². The van der Waals surface area contributed by atoms with Crippen molar-refractivity contribution in [3.8, 4) is 11.1 Å². The molecule has 2 aliphatic rings. The molecule has 7 heteroatoms. The molecule has 5 rings (SSSR count). The third-order valence-electron chi connectivity index (χ3n) is 7.01. The average Bonchev–Trinajstić information content (AvgIpc) is 3.18. The lowest BCUT2D eigenvalue weighted by molar-refractivity contribution is -0.148. The monoisotopic (exact) mass is 484 g/mol. The van der Waals surface area contributed by atoms with Gasteiger partial charge in [0.2, 0.25) is 5.91 Å². The number of ether oxygens (including phenoxy) is 1. The molecule has 36 heavy (non-hydrogen) atoms. The fraction of sp³-hybridized carbons (Fsp3) is 0.276. The fourth-order valence-corrected chi connectivity index (χ4v) is 5.18. The molecule has 184 valence electrons. The van der Waals surface area contributed by atoms with E-state index in [9.17, 15) is 19.5 Å². The molecule has 0 spiro atoms. The standard InChI is InChI=1S/C29H28N2O5/c32-27(33)17-31(16-19-8-2-1-3-9-19)28(34)20-14-21(15-20)30-29(35)36-18-26-24-12-6-4-10-22(24)23-11-5-7-13-25(23)26/h1-13,20-21,26H,14-18H2,(H,30,35)(H,32,33). The van der Waals surface area contributed by atoms with Gasteiger partial charge in [-0.1, -0.05) is 78.9 Å². The summed E-state index contributed by atoms with van der Waals surface area (Å²) in [5.41, 5.74) is 5.52. The van der Waals surface area contributed by atoms with Gasteiger partial charge in [0.1, 0.15) is 13.2 Å². The number of nitrogens with one attached hydrogen (secondary N) is 1. The van der Waals surface area contributed by atoms with Crippen LogP contribution in [0.15, 0.2) is 78.9 Å².